The molecule has 24 heavy (non-hydrogen) atoms. The van der Waals surface area contributed by atoms with Gasteiger partial charge in [-0.15, -0.1) is 0 Å². The topological polar surface area (TPSA) is 50.4 Å². The molecule has 0 heterocycles. The fourth-order valence-electron chi connectivity index (χ4n) is 3.32. The number of rotatable bonds is 4. The molecule has 4 heteroatoms. The Kier molecular flexibility index (Phi) is 5.36. The average molecular weight is 324 g/mol. The Hall–Kier alpha value is -2.49. The van der Waals surface area contributed by atoms with Crippen LogP contribution in [0.25, 0.3) is 0 Å². The van der Waals surface area contributed by atoms with Crippen molar-refractivity contribution in [3.05, 3.63) is 60.2 Å². The number of ether oxygens (including phenoxy) is 1. The molecule has 1 saturated carbocycles. The highest BCUT2D eigenvalue weighted by Crippen LogP contribution is 2.32. The van der Waals surface area contributed by atoms with Gasteiger partial charge >= 0.3 is 6.03 Å². The molecule has 0 saturated heterocycles. The molecule has 2 aromatic rings. The van der Waals surface area contributed by atoms with Gasteiger partial charge in [-0.05, 0) is 61.4 Å². The van der Waals surface area contributed by atoms with Crippen LogP contribution in [0.2, 0.25) is 0 Å². The lowest BCUT2D eigenvalue weighted by atomic mass is 9.82. The fourth-order valence-corrected chi connectivity index (χ4v) is 3.32. The van der Waals surface area contributed by atoms with Gasteiger partial charge in [-0.25, -0.2) is 4.79 Å². The minimum atomic E-state index is -0.136. The maximum Gasteiger partial charge on any atom is 0.319 e. The maximum atomic E-state index is 12.1. The van der Waals surface area contributed by atoms with E-state index in [0.717, 1.165) is 37.1 Å². The van der Waals surface area contributed by atoms with E-state index in [4.69, 9.17) is 4.74 Å². The van der Waals surface area contributed by atoms with Crippen LogP contribution in [0.3, 0.4) is 0 Å². The fraction of sp³-hybridized carbons (Fsp3) is 0.350. The molecule has 4 nitrogen and oxygen atoms in total. The molecule has 1 aliphatic rings. The van der Waals surface area contributed by atoms with Gasteiger partial charge in [-0.1, -0.05) is 30.3 Å². The number of nitrogens with one attached hydrogen (secondary N) is 2. The smallest absolute Gasteiger partial charge is 0.319 e. The Morgan fingerprint density at radius 3 is 2.25 bits per heavy atom. The molecule has 0 atom stereocenters. The Morgan fingerprint density at radius 2 is 1.62 bits per heavy atom. The predicted octanol–water partition coefficient (Wildman–Crippen LogP) is 4.54. The van der Waals surface area contributed by atoms with Crippen molar-refractivity contribution < 1.29 is 9.53 Å². The normalized spacial score (nSPS) is 20.2. The summed E-state index contributed by atoms with van der Waals surface area (Å²) in [6.07, 6.45) is 4.29. The van der Waals surface area contributed by atoms with Crippen molar-refractivity contribution in [3.8, 4) is 5.75 Å². The number of urea groups is 1. The molecule has 1 fully saturated rings. The van der Waals surface area contributed by atoms with Gasteiger partial charge in [0.15, 0.2) is 0 Å². The van der Waals surface area contributed by atoms with Gasteiger partial charge in [0, 0.05) is 11.7 Å². The first-order valence-corrected chi connectivity index (χ1v) is 8.51. The van der Waals surface area contributed by atoms with Crippen LogP contribution in [0.15, 0.2) is 54.6 Å². The Balaban J connectivity index is 1.46. The van der Waals surface area contributed by atoms with Gasteiger partial charge in [0.1, 0.15) is 5.75 Å². The lowest BCUT2D eigenvalue weighted by molar-refractivity contribution is 0.242. The Labute approximate surface area is 143 Å². The number of hydrogen-bond acceptors (Lipinski definition) is 2. The molecular formula is C20H24N2O2. The summed E-state index contributed by atoms with van der Waals surface area (Å²) < 4.78 is 5.11. The van der Waals surface area contributed by atoms with E-state index in [9.17, 15) is 4.79 Å². The maximum absolute atomic E-state index is 12.1. The third kappa shape index (κ3) is 4.28. The van der Waals surface area contributed by atoms with Crippen molar-refractivity contribution in [1.82, 2.24) is 5.32 Å². The highest BCUT2D eigenvalue weighted by molar-refractivity contribution is 5.89. The third-order valence-corrected chi connectivity index (χ3v) is 4.68. The minimum Gasteiger partial charge on any atom is -0.497 e. The molecule has 3 rings (SSSR count). The molecule has 1 aliphatic carbocycles. The second-order valence-corrected chi connectivity index (χ2v) is 6.29. The van der Waals surface area contributed by atoms with Crippen LogP contribution in [-0.4, -0.2) is 19.2 Å². The van der Waals surface area contributed by atoms with Crippen LogP contribution >= 0.6 is 0 Å². The van der Waals surface area contributed by atoms with E-state index in [2.05, 4.69) is 41.0 Å². The van der Waals surface area contributed by atoms with Gasteiger partial charge in [0.2, 0.25) is 0 Å². The molecule has 0 aliphatic heterocycles. The van der Waals surface area contributed by atoms with E-state index in [-0.39, 0.29) is 12.1 Å². The summed E-state index contributed by atoms with van der Waals surface area (Å²) in [5, 5.41) is 5.96. The number of carbonyl (C=O) groups excluding carboxylic acids is 1. The number of carbonyl (C=O) groups is 1. The zero-order valence-electron chi connectivity index (χ0n) is 14.0. The summed E-state index contributed by atoms with van der Waals surface area (Å²) in [4.78, 5) is 12.1. The van der Waals surface area contributed by atoms with E-state index in [1.807, 2.05) is 24.3 Å². The minimum absolute atomic E-state index is 0.136. The van der Waals surface area contributed by atoms with Gasteiger partial charge in [-0.3, -0.25) is 0 Å². The summed E-state index contributed by atoms with van der Waals surface area (Å²) in [7, 11) is 1.63. The third-order valence-electron chi connectivity index (χ3n) is 4.68. The second-order valence-electron chi connectivity index (χ2n) is 6.29. The first-order valence-electron chi connectivity index (χ1n) is 8.51. The molecule has 0 unspecified atom stereocenters. The van der Waals surface area contributed by atoms with Crippen molar-refractivity contribution >= 4 is 11.7 Å². The SMILES string of the molecule is COc1ccc(NC(=O)NC2CCC(c3ccccc3)CC2)cc1. The average Bonchev–Trinajstić information content (AvgIpc) is 2.64. The van der Waals surface area contributed by atoms with Crippen LogP contribution in [-0.2, 0) is 0 Å². The molecular weight excluding hydrogens is 300 g/mol. The molecule has 0 radical (unpaired) electrons. The molecule has 2 N–H and O–H groups in total. The van der Waals surface area contributed by atoms with Crippen LogP contribution in [0.1, 0.15) is 37.2 Å². The van der Waals surface area contributed by atoms with E-state index in [1.165, 1.54) is 5.56 Å². The summed E-state index contributed by atoms with van der Waals surface area (Å²) in [5.41, 5.74) is 2.19. The number of amides is 2. The molecule has 2 amide bonds. The molecule has 0 aromatic heterocycles. The van der Waals surface area contributed by atoms with Gasteiger partial charge in [-0.2, -0.15) is 0 Å². The van der Waals surface area contributed by atoms with E-state index >= 15 is 0 Å². The van der Waals surface area contributed by atoms with Crippen LogP contribution in [0, 0.1) is 0 Å². The zero-order chi connectivity index (χ0) is 16.8. The highest BCUT2D eigenvalue weighted by Gasteiger charge is 2.23. The monoisotopic (exact) mass is 324 g/mol. The van der Waals surface area contributed by atoms with Crippen LogP contribution in [0.5, 0.6) is 5.75 Å². The van der Waals surface area contributed by atoms with Crippen molar-refractivity contribution in [3.63, 3.8) is 0 Å². The first-order chi connectivity index (χ1) is 11.7. The van der Waals surface area contributed by atoms with Crippen molar-refractivity contribution in [2.24, 2.45) is 0 Å². The second kappa shape index (κ2) is 7.86. The van der Waals surface area contributed by atoms with Gasteiger partial charge in [0.25, 0.3) is 0 Å². The molecule has 0 bridgehead atoms. The lowest BCUT2D eigenvalue weighted by Gasteiger charge is -2.29. The summed E-state index contributed by atoms with van der Waals surface area (Å²) in [5.74, 6) is 1.40. The summed E-state index contributed by atoms with van der Waals surface area (Å²) >= 11 is 0. The molecule has 126 valence electrons. The zero-order valence-corrected chi connectivity index (χ0v) is 14.0. The highest BCUT2D eigenvalue weighted by atomic mass is 16.5. The van der Waals surface area contributed by atoms with Crippen molar-refractivity contribution in [2.45, 2.75) is 37.6 Å². The van der Waals surface area contributed by atoms with Crippen molar-refractivity contribution in [1.29, 1.82) is 0 Å². The number of hydrogen-bond donors (Lipinski definition) is 2. The van der Waals surface area contributed by atoms with Crippen LogP contribution < -0.4 is 15.4 Å². The number of methoxy groups -OCH3 is 1. The Morgan fingerprint density at radius 1 is 0.958 bits per heavy atom. The largest absolute Gasteiger partial charge is 0.497 e. The van der Waals surface area contributed by atoms with Gasteiger partial charge in [0.05, 0.1) is 7.11 Å². The van der Waals surface area contributed by atoms with Crippen LogP contribution in [0.4, 0.5) is 10.5 Å². The quantitative estimate of drug-likeness (QED) is 0.867. The van der Waals surface area contributed by atoms with Gasteiger partial charge < -0.3 is 15.4 Å². The van der Waals surface area contributed by atoms with E-state index < -0.39 is 0 Å². The van der Waals surface area contributed by atoms with Crippen molar-refractivity contribution in [2.75, 3.05) is 12.4 Å². The molecule has 2 aromatic carbocycles. The number of anilines is 1. The summed E-state index contributed by atoms with van der Waals surface area (Å²) in [6.45, 7) is 0. The first kappa shape index (κ1) is 16.4. The lowest BCUT2D eigenvalue weighted by Crippen LogP contribution is -2.39. The van der Waals surface area contributed by atoms with E-state index in [1.54, 1.807) is 7.11 Å². The standard InChI is InChI=1S/C20H24N2O2/c1-24-19-13-11-18(12-14-19)22-20(23)21-17-9-7-16(8-10-17)15-5-3-2-4-6-15/h2-6,11-14,16-17H,7-10H2,1H3,(H2,21,22,23). The summed E-state index contributed by atoms with van der Waals surface area (Å²) in [6, 6.07) is 18.1. The number of benzene rings is 2. The Bertz CT molecular complexity index is 647. The van der Waals surface area contributed by atoms with E-state index in [0.29, 0.717) is 5.92 Å². The molecule has 0 spiro atoms. The predicted molar refractivity (Wildman–Crippen MR) is 96.6 cm³/mol.